The van der Waals surface area contributed by atoms with Gasteiger partial charge in [-0.25, -0.2) is 0 Å². The number of carbonyl (C=O) groups excluding carboxylic acids is 1. The summed E-state index contributed by atoms with van der Waals surface area (Å²) in [6.07, 6.45) is 6.35. The number of hydrogen-bond acceptors (Lipinski definition) is 3. The van der Waals surface area contributed by atoms with Crippen LogP contribution in [-0.2, 0) is 11.3 Å². The molecule has 0 saturated heterocycles. The van der Waals surface area contributed by atoms with Crippen LogP contribution in [0.1, 0.15) is 36.0 Å². The number of carbonyl (C=O) groups is 1. The number of nitrogens with zero attached hydrogens (tertiary/aromatic N) is 1. The summed E-state index contributed by atoms with van der Waals surface area (Å²) in [6, 6.07) is 5.36. The van der Waals surface area contributed by atoms with E-state index in [0.29, 0.717) is 0 Å². The van der Waals surface area contributed by atoms with Gasteiger partial charge in [-0.05, 0) is 12.2 Å². The van der Waals surface area contributed by atoms with Gasteiger partial charge >= 0.3 is 0 Å². The summed E-state index contributed by atoms with van der Waals surface area (Å²) in [4.78, 5) is 10.0. The van der Waals surface area contributed by atoms with Gasteiger partial charge in [0.25, 0.3) is 0 Å². The second kappa shape index (κ2) is 16.0. The number of hydrogen-bond donors (Lipinski definition) is 1. The van der Waals surface area contributed by atoms with E-state index >= 15 is 0 Å². The summed E-state index contributed by atoms with van der Waals surface area (Å²) >= 11 is 3.53. The Morgan fingerprint density at radius 2 is 1.72 bits per heavy atom. The minimum absolute atomic E-state index is 0.0825. The molecule has 0 bridgehead atoms. The van der Waals surface area contributed by atoms with Crippen molar-refractivity contribution >= 4 is 18.6 Å². The summed E-state index contributed by atoms with van der Waals surface area (Å²) in [5.41, 5.74) is 0. The fraction of sp³-hybridized carbons (Fsp3) is 0.571. The number of aliphatic carboxylic acids is 1. The quantitative estimate of drug-likeness (QED) is 0.677. The SMILES string of the molecule is CCC(C)C.CS.O=C([O-])C[n+]1ccccc1.[3H]C. The van der Waals surface area contributed by atoms with Crippen molar-refractivity contribution in [1.29, 1.82) is 0 Å². The molecule has 0 fully saturated rings. The Morgan fingerprint density at radius 3 is 2.00 bits per heavy atom. The molecule has 0 aliphatic heterocycles. The monoisotopic (exact) mass is 275 g/mol. The van der Waals surface area contributed by atoms with Crippen LogP contribution in [0.2, 0.25) is 0 Å². The average molecular weight is 275 g/mol. The molecule has 0 N–H and O–H groups in total. The minimum Gasteiger partial charge on any atom is -0.544 e. The van der Waals surface area contributed by atoms with Crippen LogP contribution in [0, 0.1) is 5.92 Å². The van der Waals surface area contributed by atoms with Gasteiger partial charge in [0.1, 0.15) is 5.97 Å². The van der Waals surface area contributed by atoms with Crippen molar-refractivity contribution < 1.29 is 15.8 Å². The highest BCUT2D eigenvalue weighted by Crippen LogP contribution is 1.93. The predicted octanol–water partition coefficient (Wildman–Crippen LogP) is 1.96. The van der Waals surface area contributed by atoms with E-state index in [1.165, 1.54) is 18.4 Å². The molecule has 0 spiro atoms. The van der Waals surface area contributed by atoms with Crippen molar-refractivity contribution in [2.45, 2.75) is 41.1 Å². The Morgan fingerprint density at radius 1 is 1.33 bits per heavy atom. The third kappa shape index (κ3) is 17.4. The van der Waals surface area contributed by atoms with Gasteiger partial charge in [-0.2, -0.15) is 17.2 Å². The van der Waals surface area contributed by atoms with Crippen LogP contribution in [0.4, 0.5) is 0 Å². The van der Waals surface area contributed by atoms with E-state index in [-0.39, 0.29) is 6.54 Å². The maximum atomic E-state index is 10.0. The zero-order valence-corrected chi connectivity index (χ0v) is 13.0. The topological polar surface area (TPSA) is 44.0 Å². The molecule has 0 saturated carbocycles. The Hall–Kier alpha value is -1.03. The number of aromatic nitrogens is 1. The lowest BCUT2D eigenvalue weighted by atomic mass is 10.2. The van der Waals surface area contributed by atoms with Crippen molar-refractivity contribution in [2.75, 3.05) is 6.26 Å². The first-order valence-corrected chi connectivity index (χ1v) is 6.54. The Kier molecular flexibility index (Phi) is 17.1. The highest BCUT2D eigenvalue weighted by atomic mass is 32.1. The first-order chi connectivity index (χ1) is 9.06. The van der Waals surface area contributed by atoms with Crippen LogP contribution in [0.25, 0.3) is 0 Å². The smallest absolute Gasteiger partial charge is 0.187 e. The number of thiol groups is 1. The summed E-state index contributed by atoms with van der Waals surface area (Å²) in [5.74, 6) is -0.189. The van der Waals surface area contributed by atoms with Gasteiger partial charge in [-0.15, -0.1) is 0 Å². The summed E-state index contributed by atoms with van der Waals surface area (Å²) < 4.78 is 7.29. The molecule has 18 heavy (non-hydrogen) atoms. The van der Waals surface area contributed by atoms with Crippen LogP contribution < -0.4 is 9.67 Å². The van der Waals surface area contributed by atoms with Crippen molar-refractivity contribution in [3.63, 3.8) is 0 Å². The van der Waals surface area contributed by atoms with E-state index in [1.54, 1.807) is 30.8 Å². The van der Waals surface area contributed by atoms with E-state index in [0.717, 1.165) is 5.92 Å². The average Bonchev–Trinajstić information content (AvgIpc) is 2.44. The van der Waals surface area contributed by atoms with Crippen molar-refractivity contribution in [2.24, 2.45) is 5.92 Å². The van der Waals surface area contributed by atoms with E-state index < -0.39 is 5.97 Å². The molecule has 1 rings (SSSR count). The molecule has 1 heterocycles. The molecule has 106 valence electrons. The van der Waals surface area contributed by atoms with Crippen LogP contribution in [-0.4, -0.2) is 12.2 Å². The standard InChI is InChI=1S/C7H7NO2.C5H12.CH4S.CH4/c9-7(10)6-8-4-2-1-3-5-8;1-4-5(2)3;1-2;/h1-5H,6H2;5H,4H2,1-3H3;2H,1H3;1H4/i;;;1T. The van der Waals surface area contributed by atoms with E-state index in [9.17, 15) is 9.90 Å². The Balaban J connectivity index is -0.000000242. The lowest BCUT2D eigenvalue weighted by molar-refractivity contribution is -0.690. The molecule has 0 aromatic carbocycles. The first-order valence-electron chi connectivity index (χ1n) is 6.65. The zero-order valence-electron chi connectivity index (χ0n) is 13.1. The highest BCUT2D eigenvalue weighted by Gasteiger charge is 1.94. The van der Waals surface area contributed by atoms with Gasteiger partial charge in [0.15, 0.2) is 18.9 Å². The third-order valence-corrected chi connectivity index (χ3v) is 1.91. The Labute approximate surface area is 119 Å². The number of carboxylic acids is 1. The van der Waals surface area contributed by atoms with Crippen LogP contribution in [0.5, 0.6) is 0 Å². The molecule has 3 nitrogen and oxygen atoms in total. The van der Waals surface area contributed by atoms with Gasteiger partial charge in [-0.3, -0.25) is 0 Å². The van der Waals surface area contributed by atoms with Crippen molar-refractivity contribution in [3.8, 4) is 0 Å². The number of carboxylic acid groups (broad SMARTS) is 1. The lowest BCUT2D eigenvalue weighted by Crippen LogP contribution is -2.43. The van der Waals surface area contributed by atoms with Gasteiger partial charge in [0, 0.05) is 13.5 Å². The highest BCUT2D eigenvalue weighted by molar-refractivity contribution is 7.79. The van der Waals surface area contributed by atoms with Crippen LogP contribution in [0.3, 0.4) is 0 Å². The van der Waals surface area contributed by atoms with E-state index in [2.05, 4.69) is 33.4 Å². The molecular weight excluding hydrogens is 246 g/mol. The van der Waals surface area contributed by atoms with Gasteiger partial charge in [0.2, 0.25) is 0 Å². The van der Waals surface area contributed by atoms with Crippen molar-refractivity contribution in [1.82, 2.24) is 0 Å². The summed E-state index contributed by atoms with van der Waals surface area (Å²) in [5, 5.41) is 10.0. The minimum atomic E-state index is -1.07. The second-order valence-electron chi connectivity index (χ2n) is 3.72. The van der Waals surface area contributed by atoms with Crippen molar-refractivity contribution in [3.05, 3.63) is 30.6 Å². The third-order valence-electron chi connectivity index (χ3n) is 1.91. The molecular formula is C14H27NO2S. The molecule has 0 atom stereocenters. The number of pyridine rings is 1. The zero-order chi connectivity index (χ0) is 15.7. The van der Waals surface area contributed by atoms with E-state index in [1.807, 2.05) is 6.07 Å². The molecule has 0 aliphatic rings. The molecule has 0 amide bonds. The normalized spacial score (nSPS) is 8.50. The molecule has 0 radical (unpaired) electrons. The molecule has 0 unspecified atom stereocenters. The Bertz CT molecular complexity index is 282. The van der Waals surface area contributed by atoms with Crippen LogP contribution in [0.15, 0.2) is 30.6 Å². The van der Waals surface area contributed by atoms with E-state index in [4.69, 9.17) is 1.37 Å². The molecule has 1 aromatic heterocycles. The van der Waals surface area contributed by atoms with Gasteiger partial charge in [-0.1, -0.05) is 40.7 Å². The summed E-state index contributed by atoms with van der Waals surface area (Å²) in [6.45, 7) is 6.56. The second-order valence-corrected chi connectivity index (χ2v) is 3.72. The largest absolute Gasteiger partial charge is 0.544 e. The maximum absolute atomic E-state index is 10.0. The fourth-order valence-electron chi connectivity index (χ4n) is 0.689. The van der Waals surface area contributed by atoms with Gasteiger partial charge in [0.05, 0.1) is 0 Å². The summed E-state index contributed by atoms with van der Waals surface area (Å²) in [7, 11) is 1.25. The number of rotatable bonds is 3. The lowest BCUT2D eigenvalue weighted by Gasteiger charge is -1.94. The molecule has 4 heteroatoms. The fourth-order valence-corrected chi connectivity index (χ4v) is 0.689. The first kappa shape index (κ1) is 19.3. The van der Waals surface area contributed by atoms with Gasteiger partial charge < -0.3 is 9.90 Å². The predicted molar refractivity (Wildman–Crippen MR) is 78.4 cm³/mol. The molecule has 0 aliphatic carbocycles. The molecule has 1 aromatic rings. The van der Waals surface area contributed by atoms with Crippen LogP contribution >= 0.6 is 12.6 Å². The maximum Gasteiger partial charge on any atom is 0.187 e.